The molecule has 1 saturated carbocycles. The molecule has 1 atom stereocenters. The lowest BCUT2D eigenvalue weighted by Crippen LogP contribution is -2.29. The standard InChI is InChI=1S/C29H32FN5OS/c1-19-15-21(17-29(3,4)16-19)32-34-25(23-13-9-10-14-24(23)30)18-37-28(34)31-26-20(2)33(5)35(27(26)36)22-11-7-6-8-12-22/h6-14,18-19H,15-17H2,1-5H3. The number of benzene rings is 2. The highest BCUT2D eigenvalue weighted by atomic mass is 32.1. The molecule has 2 heterocycles. The average molecular weight is 518 g/mol. The maximum atomic E-state index is 14.9. The summed E-state index contributed by atoms with van der Waals surface area (Å²) in [5.74, 6) is 0.189. The van der Waals surface area contributed by atoms with Gasteiger partial charge in [0, 0.05) is 23.7 Å². The third-order valence-electron chi connectivity index (χ3n) is 6.98. The Balaban J connectivity index is 1.72. The van der Waals surface area contributed by atoms with Gasteiger partial charge in [-0.05, 0) is 61.8 Å². The fourth-order valence-corrected chi connectivity index (χ4v) is 6.27. The van der Waals surface area contributed by atoms with E-state index in [1.54, 1.807) is 21.5 Å². The molecular weight excluding hydrogens is 485 g/mol. The summed E-state index contributed by atoms with van der Waals surface area (Å²) in [5.41, 5.74) is 3.93. The quantitative estimate of drug-likeness (QED) is 0.307. The SMILES string of the molecule is Cc1c(N=c2scc(-c3ccccc3F)n2N=C2CC(C)CC(C)(C)C2)c(=O)n(-c2ccccc2)n1C. The van der Waals surface area contributed by atoms with Gasteiger partial charge < -0.3 is 0 Å². The van der Waals surface area contributed by atoms with Crippen LogP contribution in [0.25, 0.3) is 16.9 Å². The molecule has 0 aliphatic heterocycles. The van der Waals surface area contributed by atoms with Gasteiger partial charge in [-0.25, -0.2) is 18.7 Å². The number of thiazole rings is 1. The van der Waals surface area contributed by atoms with E-state index in [1.807, 2.05) is 60.4 Å². The van der Waals surface area contributed by atoms with E-state index in [2.05, 4.69) is 20.8 Å². The highest BCUT2D eigenvalue weighted by molar-refractivity contribution is 7.07. The Bertz CT molecular complexity index is 1600. The molecule has 8 heteroatoms. The van der Waals surface area contributed by atoms with Gasteiger partial charge in [0.2, 0.25) is 4.80 Å². The molecule has 2 aromatic carbocycles. The van der Waals surface area contributed by atoms with Crippen LogP contribution in [0.15, 0.2) is 74.9 Å². The zero-order valence-corrected chi connectivity index (χ0v) is 22.7. The van der Waals surface area contributed by atoms with Crippen molar-refractivity contribution in [3.05, 3.63) is 86.6 Å². The molecular formula is C29H32FN5OS. The van der Waals surface area contributed by atoms with Crippen molar-refractivity contribution in [3.63, 3.8) is 0 Å². The van der Waals surface area contributed by atoms with Crippen molar-refractivity contribution in [3.8, 4) is 16.9 Å². The summed E-state index contributed by atoms with van der Waals surface area (Å²) < 4.78 is 20.0. The predicted molar refractivity (Wildman–Crippen MR) is 148 cm³/mol. The number of halogens is 1. The number of nitrogens with zero attached hydrogens (tertiary/aromatic N) is 5. The van der Waals surface area contributed by atoms with Gasteiger partial charge in [-0.1, -0.05) is 51.1 Å². The van der Waals surface area contributed by atoms with Gasteiger partial charge >= 0.3 is 0 Å². The Hall–Kier alpha value is -3.52. The Labute approximate surface area is 220 Å². The second kappa shape index (κ2) is 9.74. The first kappa shape index (κ1) is 25.1. The molecule has 1 unspecified atom stereocenters. The van der Waals surface area contributed by atoms with Gasteiger partial charge in [0.05, 0.1) is 17.1 Å². The molecule has 6 nitrogen and oxygen atoms in total. The molecule has 0 saturated heterocycles. The molecule has 0 spiro atoms. The summed E-state index contributed by atoms with van der Waals surface area (Å²) in [6, 6.07) is 16.2. The largest absolute Gasteiger partial charge is 0.297 e. The van der Waals surface area contributed by atoms with E-state index in [-0.39, 0.29) is 16.8 Å². The van der Waals surface area contributed by atoms with Crippen LogP contribution in [-0.2, 0) is 7.05 Å². The van der Waals surface area contributed by atoms with E-state index in [4.69, 9.17) is 10.1 Å². The van der Waals surface area contributed by atoms with Gasteiger partial charge in [0.1, 0.15) is 5.82 Å². The highest BCUT2D eigenvalue weighted by Crippen LogP contribution is 2.37. The van der Waals surface area contributed by atoms with Gasteiger partial charge in [0.15, 0.2) is 5.69 Å². The van der Waals surface area contributed by atoms with Crippen LogP contribution >= 0.6 is 11.3 Å². The molecule has 5 rings (SSSR count). The summed E-state index contributed by atoms with van der Waals surface area (Å²) in [5, 5.41) is 6.92. The topological polar surface area (TPSA) is 56.6 Å². The van der Waals surface area contributed by atoms with Crippen LogP contribution in [0.5, 0.6) is 0 Å². The summed E-state index contributed by atoms with van der Waals surface area (Å²) in [6.07, 6.45) is 2.88. The first-order chi connectivity index (χ1) is 17.6. The number of para-hydroxylation sites is 1. The lowest BCUT2D eigenvalue weighted by Gasteiger charge is -2.34. The van der Waals surface area contributed by atoms with Crippen LogP contribution in [0.4, 0.5) is 10.1 Å². The Kier molecular flexibility index (Phi) is 6.62. The normalized spacial score (nSPS) is 19.0. The van der Waals surface area contributed by atoms with E-state index in [0.717, 1.165) is 36.4 Å². The maximum absolute atomic E-state index is 14.9. The van der Waals surface area contributed by atoms with Gasteiger partial charge in [-0.2, -0.15) is 5.10 Å². The predicted octanol–water partition coefficient (Wildman–Crippen LogP) is 6.44. The third kappa shape index (κ3) is 4.90. The minimum absolute atomic E-state index is 0.141. The summed E-state index contributed by atoms with van der Waals surface area (Å²) in [7, 11) is 1.85. The molecule has 0 bridgehead atoms. The molecule has 0 N–H and O–H groups in total. The van der Waals surface area contributed by atoms with E-state index >= 15 is 0 Å². The Morgan fingerprint density at radius 3 is 2.49 bits per heavy atom. The van der Waals surface area contributed by atoms with Crippen LogP contribution in [-0.4, -0.2) is 19.8 Å². The van der Waals surface area contributed by atoms with Gasteiger partial charge in [0.25, 0.3) is 5.56 Å². The molecule has 1 aliphatic rings. The monoisotopic (exact) mass is 517 g/mol. The van der Waals surface area contributed by atoms with E-state index in [0.29, 0.717) is 27.7 Å². The molecule has 0 amide bonds. The van der Waals surface area contributed by atoms with Crippen LogP contribution in [0.3, 0.4) is 0 Å². The zero-order valence-electron chi connectivity index (χ0n) is 21.9. The zero-order chi connectivity index (χ0) is 26.3. The van der Waals surface area contributed by atoms with Crippen molar-refractivity contribution in [2.75, 3.05) is 0 Å². The number of hydrogen-bond acceptors (Lipinski definition) is 4. The van der Waals surface area contributed by atoms with E-state index < -0.39 is 0 Å². The smallest absolute Gasteiger partial charge is 0.283 e. The van der Waals surface area contributed by atoms with Crippen molar-refractivity contribution in [1.29, 1.82) is 0 Å². The lowest BCUT2D eigenvalue weighted by atomic mass is 9.72. The maximum Gasteiger partial charge on any atom is 0.297 e. The number of aromatic nitrogens is 3. The van der Waals surface area contributed by atoms with Crippen molar-refractivity contribution in [1.82, 2.24) is 14.0 Å². The Morgan fingerprint density at radius 2 is 1.78 bits per heavy atom. The minimum Gasteiger partial charge on any atom is -0.283 e. The molecule has 1 aliphatic carbocycles. The van der Waals surface area contributed by atoms with Gasteiger partial charge in [-0.3, -0.25) is 9.48 Å². The number of rotatable bonds is 4. The molecule has 2 aromatic heterocycles. The van der Waals surface area contributed by atoms with Crippen LogP contribution < -0.4 is 10.4 Å². The first-order valence-corrected chi connectivity index (χ1v) is 13.4. The second-order valence-electron chi connectivity index (χ2n) is 10.7. The second-order valence-corrected chi connectivity index (χ2v) is 11.6. The molecule has 192 valence electrons. The lowest BCUT2D eigenvalue weighted by molar-refractivity contribution is 0.265. The van der Waals surface area contributed by atoms with E-state index in [9.17, 15) is 9.18 Å². The summed E-state index contributed by atoms with van der Waals surface area (Å²) >= 11 is 1.36. The Morgan fingerprint density at radius 1 is 1.08 bits per heavy atom. The van der Waals surface area contributed by atoms with Crippen LogP contribution in [0.1, 0.15) is 45.7 Å². The third-order valence-corrected chi connectivity index (χ3v) is 7.79. The minimum atomic E-state index is -0.319. The molecule has 37 heavy (non-hydrogen) atoms. The first-order valence-electron chi connectivity index (χ1n) is 12.6. The van der Waals surface area contributed by atoms with Crippen molar-refractivity contribution >= 4 is 22.7 Å². The number of hydrogen-bond donors (Lipinski definition) is 0. The van der Waals surface area contributed by atoms with Crippen LogP contribution in [0.2, 0.25) is 0 Å². The fraction of sp³-hybridized carbons (Fsp3) is 0.345. The van der Waals surface area contributed by atoms with Crippen molar-refractivity contribution in [2.45, 2.75) is 47.0 Å². The van der Waals surface area contributed by atoms with Crippen LogP contribution in [0, 0.1) is 24.1 Å². The molecule has 1 fully saturated rings. The van der Waals surface area contributed by atoms with E-state index in [1.165, 1.54) is 17.4 Å². The summed E-state index contributed by atoms with van der Waals surface area (Å²) in [6.45, 7) is 8.65. The molecule has 4 aromatic rings. The van der Waals surface area contributed by atoms with Crippen molar-refractivity contribution in [2.24, 2.45) is 28.5 Å². The van der Waals surface area contributed by atoms with Crippen molar-refractivity contribution < 1.29 is 4.39 Å². The average Bonchev–Trinajstić information content (AvgIpc) is 3.32. The summed E-state index contributed by atoms with van der Waals surface area (Å²) in [4.78, 5) is 18.9. The highest BCUT2D eigenvalue weighted by Gasteiger charge is 2.30. The fourth-order valence-electron chi connectivity index (χ4n) is 5.44. The van der Waals surface area contributed by atoms with Gasteiger partial charge in [-0.15, -0.1) is 11.3 Å². The molecule has 0 radical (unpaired) electrons.